The van der Waals surface area contributed by atoms with E-state index in [9.17, 15) is 0 Å². The molecular formula is C54H35N3O. The minimum atomic E-state index is 0.872. The van der Waals surface area contributed by atoms with Crippen LogP contribution in [0.25, 0.3) is 77.2 Å². The molecular weight excluding hydrogens is 707 g/mol. The van der Waals surface area contributed by atoms with Crippen LogP contribution in [0.3, 0.4) is 0 Å². The standard InChI is InChI=1S/C54H35N3O/c1-4-14-36(15-5-1)38-28-32-47-45(34-38)46-35-42(55(39-16-6-2-7-17-39)40-18-8-3-9-19-40)31-33-48(46)56(47)41-29-26-37(27-30-41)43-20-12-23-50-53(43)44-21-13-25-52-54(44)57(50)49-22-10-11-24-51(49)58-52/h1-35H. The molecule has 0 saturated carbocycles. The van der Waals surface area contributed by atoms with Gasteiger partial charge < -0.3 is 18.8 Å². The highest BCUT2D eigenvalue weighted by atomic mass is 16.5. The lowest BCUT2D eigenvalue weighted by molar-refractivity contribution is 0.476. The predicted molar refractivity (Wildman–Crippen MR) is 241 cm³/mol. The number of para-hydroxylation sites is 5. The fraction of sp³-hybridized carbons (Fsp3) is 0. The summed E-state index contributed by atoms with van der Waals surface area (Å²) in [5.41, 5.74) is 14.9. The molecule has 0 aliphatic carbocycles. The van der Waals surface area contributed by atoms with Crippen LogP contribution in [0.4, 0.5) is 17.1 Å². The number of anilines is 3. The van der Waals surface area contributed by atoms with Crippen molar-refractivity contribution < 1.29 is 4.74 Å². The largest absolute Gasteiger partial charge is 0.453 e. The zero-order valence-electron chi connectivity index (χ0n) is 31.5. The molecule has 0 radical (unpaired) electrons. The molecule has 3 heterocycles. The van der Waals surface area contributed by atoms with Crippen molar-refractivity contribution in [3.8, 4) is 45.1 Å². The van der Waals surface area contributed by atoms with Crippen molar-refractivity contribution in [2.75, 3.05) is 4.90 Å². The molecule has 0 N–H and O–H groups in total. The highest BCUT2D eigenvalue weighted by molar-refractivity contribution is 6.18. The lowest BCUT2D eigenvalue weighted by Gasteiger charge is -2.25. The van der Waals surface area contributed by atoms with E-state index in [-0.39, 0.29) is 0 Å². The third kappa shape index (κ3) is 4.95. The van der Waals surface area contributed by atoms with Crippen LogP contribution >= 0.6 is 0 Å². The molecule has 11 aromatic rings. The molecule has 0 spiro atoms. The van der Waals surface area contributed by atoms with Gasteiger partial charge in [-0.3, -0.25) is 0 Å². The van der Waals surface area contributed by atoms with Gasteiger partial charge in [0, 0.05) is 44.3 Å². The van der Waals surface area contributed by atoms with Crippen molar-refractivity contribution in [3.05, 3.63) is 212 Å². The Kier molecular flexibility index (Phi) is 7.20. The Labute approximate surface area is 335 Å². The number of nitrogens with zero attached hydrogens (tertiary/aromatic N) is 3. The van der Waals surface area contributed by atoms with Crippen LogP contribution in [0.15, 0.2) is 212 Å². The quantitative estimate of drug-likeness (QED) is 0.169. The summed E-state index contributed by atoms with van der Waals surface area (Å²) in [5.74, 6) is 1.76. The van der Waals surface area contributed by atoms with Crippen LogP contribution < -0.4 is 9.64 Å². The molecule has 0 unspecified atom stereocenters. The Morgan fingerprint density at radius 3 is 1.74 bits per heavy atom. The lowest BCUT2D eigenvalue weighted by Crippen LogP contribution is -2.09. The first kappa shape index (κ1) is 32.4. The second kappa shape index (κ2) is 12.9. The van der Waals surface area contributed by atoms with E-state index in [2.05, 4.69) is 214 Å². The first-order chi connectivity index (χ1) is 28.8. The van der Waals surface area contributed by atoms with Gasteiger partial charge in [-0.25, -0.2) is 0 Å². The van der Waals surface area contributed by atoms with Crippen LogP contribution in [0.2, 0.25) is 0 Å². The highest BCUT2D eigenvalue weighted by Crippen LogP contribution is 2.48. The van der Waals surface area contributed by atoms with Gasteiger partial charge in [0.25, 0.3) is 0 Å². The highest BCUT2D eigenvalue weighted by Gasteiger charge is 2.25. The lowest BCUT2D eigenvalue weighted by atomic mass is 9.99. The zero-order valence-corrected chi connectivity index (χ0v) is 31.5. The van der Waals surface area contributed by atoms with Gasteiger partial charge >= 0.3 is 0 Å². The Morgan fingerprint density at radius 2 is 0.983 bits per heavy atom. The van der Waals surface area contributed by atoms with Crippen molar-refractivity contribution in [2.45, 2.75) is 0 Å². The maximum absolute atomic E-state index is 6.42. The third-order valence-electron chi connectivity index (χ3n) is 11.7. The Bertz CT molecular complexity index is 3310. The summed E-state index contributed by atoms with van der Waals surface area (Å²) < 4.78 is 11.2. The number of hydrogen-bond acceptors (Lipinski definition) is 2. The van der Waals surface area contributed by atoms with Gasteiger partial charge in [0.05, 0.1) is 27.8 Å². The molecule has 0 atom stereocenters. The molecule has 0 bridgehead atoms. The van der Waals surface area contributed by atoms with E-state index in [0.717, 1.165) is 51.0 Å². The summed E-state index contributed by atoms with van der Waals surface area (Å²) in [6.07, 6.45) is 0. The Morgan fingerprint density at radius 1 is 0.362 bits per heavy atom. The smallest absolute Gasteiger partial charge is 0.152 e. The minimum Gasteiger partial charge on any atom is -0.453 e. The summed E-state index contributed by atoms with van der Waals surface area (Å²) in [4.78, 5) is 2.34. The summed E-state index contributed by atoms with van der Waals surface area (Å²) in [6, 6.07) is 76.1. The minimum absolute atomic E-state index is 0.872. The predicted octanol–water partition coefficient (Wildman–Crippen LogP) is 14.8. The molecule has 58 heavy (non-hydrogen) atoms. The van der Waals surface area contributed by atoms with E-state index < -0.39 is 0 Å². The van der Waals surface area contributed by atoms with Crippen LogP contribution in [-0.4, -0.2) is 9.13 Å². The fourth-order valence-corrected chi connectivity index (χ4v) is 9.13. The third-order valence-corrected chi connectivity index (χ3v) is 11.7. The molecule has 12 rings (SSSR count). The van der Waals surface area contributed by atoms with Crippen molar-refractivity contribution in [1.29, 1.82) is 0 Å². The maximum Gasteiger partial charge on any atom is 0.152 e. The van der Waals surface area contributed by atoms with Gasteiger partial charge in [-0.1, -0.05) is 121 Å². The number of benzene rings is 9. The number of ether oxygens (including phenoxy) is 1. The zero-order chi connectivity index (χ0) is 38.2. The monoisotopic (exact) mass is 741 g/mol. The summed E-state index contributed by atoms with van der Waals surface area (Å²) in [7, 11) is 0. The van der Waals surface area contributed by atoms with Crippen molar-refractivity contribution in [3.63, 3.8) is 0 Å². The molecule has 1 aliphatic heterocycles. The van der Waals surface area contributed by atoms with Crippen molar-refractivity contribution >= 4 is 60.7 Å². The number of hydrogen-bond donors (Lipinski definition) is 0. The average Bonchev–Trinajstić information content (AvgIpc) is 3.81. The van der Waals surface area contributed by atoms with E-state index in [1.54, 1.807) is 0 Å². The topological polar surface area (TPSA) is 22.3 Å². The van der Waals surface area contributed by atoms with Crippen LogP contribution in [-0.2, 0) is 0 Å². The van der Waals surface area contributed by atoms with E-state index in [0.29, 0.717) is 0 Å². The second-order valence-electron chi connectivity index (χ2n) is 14.9. The summed E-state index contributed by atoms with van der Waals surface area (Å²) >= 11 is 0. The van der Waals surface area contributed by atoms with Gasteiger partial charge in [0.2, 0.25) is 0 Å². The molecule has 0 fully saturated rings. The van der Waals surface area contributed by atoms with Gasteiger partial charge in [0.15, 0.2) is 11.5 Å². The Balaban J connectivity index is 1.04. The molecule has 2 aromatic heterocycles. The second-order valence-corrected chi connectivity index (χ2v) is 14.9. The van der Waals surface area contributed by atoms with Gasteiger partial charge in [-0.05, 0) is 113 Å². The number of aromatic nitrogens is 2. The molecule has 272 valence electrons. The molecule has 4 nitrogen and oxygen atoms in total. The molecule has 0 saturated heterocycles. The van der Waals surface area contributed by atoms with E-state index in [1.807, 2.05) is 12.1 Å². The van der Waals surface area contributed by atoms with Crippen LogP contribution in [0, 0.1) is 0 Å². The first-order valence-corrected chi connectivity index (χ1v) is 19.8. The SMILES string of the molecule is c1ccc(-c2ccc3c(c2)c2cc(N(c4ccccc4)c4ccccc4)ccc2n3-c2ccc(-c3cccc4c3c3cccc5c3n4-c3ccccc3O5)cc2)cc1. The molecule has 4 heteroatoms. The number of fused-ring (bicyclic) bond motifs is 8. The van der Waals surface area contributed by atoms with Gasteiger partial charge in [-0.15, -0.1) is 0 Å². The van der Waals surface area contributed by atoms with Crippen molar-refractivity contribution in [2.24, 2.45) is 0 Å². The molecule has 9 aromatic carbocycles. The van der Waals surface area contributed by atoms with E-state index >= 15 is 0 Å². The van der Waals surface area contributed by atoms with Gasteiger partial charge in [0.1, 0.15) is 0 Å². The molecule has 1 aliphatic rings. The average molecular weight is 742 g/mol. The van der Waals surface area contributed by atoms with Crippen molar-refractivity contribution in [1.82, 2.24) is 9.13 Å². The summed E-state index contributed by atoms with van der Waals surface area (Å²) in [5, 5.41) is 4.83. The van der Waals surface area contributed by atoms with Gasteiger partial charge in [-0.2, -0.15) is 0 Å². The van der Waals surface area contributed by atoms with Crippen LogP contribution in [0.5, 0.6) is 11.5 Å². The first-order valence-electron chi connectivity index (χ1n) is 19.8. The normalized spacial score (nSPS) is 11.9. The van der Waals surface area contributed by atoms with Crippen LogP contribution in [0.1, 0.15) is 0 Å². The Hall–Kier alpha value is -7.82. The van der Waals surface area contributed by atoms with E-state index in [1.165, 1.54) is 54.8 Å². The number of rotatable bonds is 6. The summed E-state index contributed by atoms with van der Waals surface area (Å²) in [6.45, 7) is 0. The fourth-order valence-electron chi connectivity index (χ4n) is 9.13. The maximum atomic E-state index is 6.42. The van der Waals surface area contributed by atoms with E-state index in [4.69, 9.17) is 4.74 Å². The molecule has 0 amide bonds.